The number of phenolic OH excluding ortho intramolecular Hbond substituents is 1. The first-order valence-electron chi connectivity index (χ1n) is 8.47. The van der Waals surface area contributed by atoms with E-state index in [1.165, 1.54) is 5.69 Å². The predicted molar refractivity (Wildman–Crippen MR) is 97.9 cm³/mol. The summed E-state index contributed by atoms with van der Waals surface area (Å²) in [5.74, 6) is 1.27. The second kappa shape index (κ2) is 6.44. The topological polar surface area (TPSA) is 32.7 Å². The average Bonchev–Trinajstić information content (AvgIpc) is 2.62. The Bertz CT molecular complexity index is 824. The van der Waals surface area contributed by atoms with Crippen molar-refractivity contribution in [1.29, 1.82) is 0 Å². The monoisotopic (exact) mass is 319 g/mol. The van der Waals surface area contributed by atoms with Crippen LogP contribution in [0.15, 0.2) is 66.7 Å². The van der Waals surface area contributed by atoms with Gasteiger partial charge in [0.05, 0.1) is 0 Å². The van der Waals surface area contributed by atoms with E-state index in [-0.39, 0.29) is 6.10 Å². The van der Waals surface area contributed by atoms with E-state index < -0.39 is 0 Å². The Kier molecular flexibility index (Phi) is 3.99. The average molecular weight is 319 g/mol. The molecule has 0 bridgehead atoms. The molecular weight excluding hydrogens is 298 g/mol. The molecule has 0 saturated carbocycles. The Morgan fingerprint density at radius 2 is 1.58 bits per heavy atom. The third-order valence-corrected chi connectivity index (χ3v) is 4.66. The molecule has 3 aromatic rings. The van der Waals surface area contributed by atoms with Gasteiger partial charge in [-0.3, -0.25) is 0 Å². The Morgan fingerprint density at radius 1 is 0.833 bits per heavy atom. The minimum absolute atomic E-state index is 0.285. The molecule has 3 nitrogen and oxygen atoms in total. The smallest absolute Gasteiger partial charge is 0.119 e. The van der Waals surface area contributed by atoms with Crippen LogP contribution in [0.2, 0.25) is 0 Å². The summed E-state index contributed by atoms with van der Waals surface area (Å²) in [6.45, 7) is 1.98. The van der Waals surface area contributed by atoms with Crippen LogP contribution in [-0.4, -0.2) is 24.3 Å². The van der Waals surface area contributed by atoms with Gasteiger partial charge >= 0.3 is 0 Å². The molecular formula is C21H21NO2. The summed E-state index contributed by atoms with van der Waals surface area (Å²) in [5, 5.41) is 11.9. The third kappa shape index (κ3) is 3.16. The minimum Gasteiger partial charge on any atom is -0.508 e. The van der Waals surface area contributed by atoms with Crippen LogP contribution in [0, 0.1) is 0 Å². The first-order valence-corrected chi connectivity index (χ1v) is 8.47. The summed E-state index contributed by atoms with van der Waals surface area (Å²) in [6, 6.07) is 22.0. The number of piperidine rings is 1. The Morgan fingerprint density at radius 3 is 2.38 bits per heavy atom. The predicted octanol–water partition coefficient (Wildman–Crippen LogP) is 4.59. The van der Waals surface area contributed by atoms with E-state index in [9.17, 15) is 5.11 Å². The van der Waals surface area contributed by atoms with Crippen molar-refractivity contribution in [1.82, 2.24) is 0 Å². The van der Waals surface area contributed by atoms with Crippen LogP contribution in [0.3, 0.4) is 0 Å². The lowest BCUT2D eigenvalue weighted by Gasteiger charge is -2.34. The Labute approximate surface area is 142 Å². The van der Waals surface area contributed by atoms with E-state index in [0.29, 0.717) is 5.75 Å². The van der Waals surface area contributed by atoms with E-state index in [0.717, 1.165) is 42.5 Å². The fourth-order valence-corrected chi connectivity index (χ4v) is 3.34. The summed E-state index contributed by atoms with van der Waals surface area (Å²) in [6.07, 6.45) is 2.33. The number of phenols is 1. The largest absolute Gasteiger partial charge is 0.508 e. The quantitative estimate of drug-likeness (QED) is 0.766. The van der Waals surface area contributed by atoms with Crippen molar-refractivity contribution < 1.29 is 9.84 Å². The Hall–Kier alpha value is -2.68. The van der Waals surface area contributed by atoms with E-state index >= 15 is 0 Å². The zero-order valence-electron chi connectivity index (χ0n) is 13.6. The summed E-state index contributed by atoms with van der Waals surface area (Å²) in [7, 11) is 0. The van der Waals surface area contributed by atoms with Gasteiger partial charge in [0.1, 0.15) is 17.6 Å². The molecule has 1 saturated heterocycles. The number of hydrogen-bond donors (Lipinski definition) is 1. The lowest BCUT2D eigenvalue weighted by molar-refractivity contribution is 0.171. The molecule has 3 aromatic carbocycles. The van der Waals surface area contributed by atoms with Gasteiger partial charge in [-0.2, -0.15) is 0 Å². The highest BCUT2D eigenvalue weighted by atomic mass is 16.5. The molecule has 0 aromatic heterocycles. The molecule has 3 heteroatoms. The van der Waals surface area contributed by atoms with Gasteiger partial charge in [0.2, 0.25) is 0 Å². The van der Waals surface area contributed by atoms with Crippen LogP contribution < -0.4 is 9.64 Å². The molecule has 1 N–H and O–H groups in total. The maximum absolute atomic E-state index is 9.68. The van der Waals surface area contributed by atoms with Crippen LogP contribution in [-0.2, 0) is 0 Å². The molecule has 1 fully saturated rings. The molecule has 0 atom stereocenters. The van der Waals surface area contributed by atoms with Crippen molar-refractivity contribution in [2.24, 2.45) is 0 Å². The molecule has 0 unspecified atom stereocenters. The van der Waals surface area contributed by atoms with Crippen LogP contribution in [0.25, 0.3) is 10.8 Å². The number of nitrogens with zero attached hydrogens (tertiary/aromatic N) is 1. The fourth-order valence-electron chi connectivity index (χ4n) is 3.34. The molecule has 122 valence electrons. The van der Waals surface area contributed by atoms with Crippen LogP contribution >= 0.6 is 0 Å². The molecule has 1 heterocycles. The third-order valence-electron chi connectivity index (χ3n) is 4.66. The van der Waals surface area contributed by atoms with Gasteiger partial charge < -0.3 is 14.7 Å². The number of anilines is 1. The van der Waals surface area contributed by atoms with Gasteiger partial charge in [-0.05, 0) is 47.2 Å². The van der Waals surface area contributed by atoms with Crippen molar-refractivity contribution in [3.63, 3.8) is 0 Å². The van der Waals surface area contributed by atoms with Crippen molar-refractivity contribution in [2.45, 2.75) is 18.9 Å². The SMILES string of the molecule is Oc1ccc2ccc(N3CCC(Oc4ccccc4)CC3)cc2c1. The van der Waals surface area contributed by atoms with Gasteiger partial charge in [-0.1, -0.05) is 30.3 Å². The zero-order chi connectivity index (χ0) is 16.4. The number of aromatic hydroxyl groups is 1. The number of para-hydroxylation sites is 1. The molecule has 24 heavy (non-hydrogen) atoms. The zero-order valence-corrected chi connectivity index (χ0v) is 13.6. The van der Waals surface area contributed by atoms with Crippen LogP contribution in [0.1, 0.15) is 12.8 Å². The van der Waals surface area contributed by atoms with Gasteiger partial charge in [-0.15, -0.1) is 0 Å². The molecule has 4 rings (SSSR count). The number of fused-ring (bicyclic) bond motifs is 1. The molecule has 0 aliphatic carbocycles. The van der Waals surface area contributed by atoms with Crippen molar-refractivity contribution >= 4 is 16.5 Å². The van der Waals surface area contributed by atoms with Gasteiger partial charge in [0.25, 0.3) is 0 Å². The van der Waals surface area contributed by atoms with E-state index in [1.54, 1.807) is 6.07 Å². The van der Waals surface area contributed by atoms with Crippen LogP contribution in [0.4, 0.5) is 5.69 Å². The molecule has 0 amide bonds. The summed E-state index contributed by atoms with van der Waals surface area (Å²) in [4.78, 5) is 2.40. The number of ether oxygens (including phenoxy) is 1. The van der Waals surface area contributed by atoms with Crippen molar-refractivity contribution in [3.05, 3.63) is 66.7 Å². The molecule has 0 spiro atoms. The highest BCUT2D eigenvalue weighted by Crippen LogP contribution is 2.28. The fraction of sp³-hybridized carbons (Fsp3) is 0.238. The van der Waals surface area contributed by atoms with Gasteiger partial charge in [0.15, 0.2) is 0 Å². The normalized spacial score (nSPS) is 15.6. The lowest BCUT2D eigenvalue weighted by atomic mass is 10.0. The number of benzene rings is 3. The van der Waals surface area contributed by atoms with E-state index in [1.807, 2.05) is 42.5 Å². The highest BCUT2D eigenvalue weighted by molar-refractivity contribution is 5.87. The molecule has 0 radical (unpaired) electrons. The summed E-state index contributed by atoms with van der Waals surface area (Å²) in [5.41, 5.74) is 1.21. The van der Waals surface area contributed by atoms with Gasteiger partial charge in [-0.25, -0.2) is 0 Å². The first kappa shape index (κ1) is 14.9. The molecule has 1 aliphatic heterocycles. The minimum atomic E-state index is 0.285. The summed E-state index contributed by atoms with van der Waals surface area (Å²) < 4.78 is 6.07. The number of hydrogen-bond acceptors (Lipinski definition) is 3. The van der Waals surface area contributed by atoms with Crippen molar-refractivity contribution in [2.75, 3.05) is 18.0 Å². The standard InChI is InChI=1S/C21H21NO2/c23-19-9-7-16-6-8-18(14-17(16)15-19)22-12-10-21(11-13-22)24-20-4-2-1-3-5-20/h1-9,14-15,21,23H,10-13H2. The summed E-state index contributed by atoms with van der Waals surface area (Å²) >= 11 is 0. The first-order chi connectivity index (χ1) is 11.8. The lowest BCUT2D eigenvalue weighted by Crippen LogP contribution is -2.38. The van der Waals surface area contributed by atoms with Crippen molar-refractivity contribution in [3.8, 4) is 11.5 Å². The molecule has 1 aliphatic rings. The maximum Gasteiger partial charge on any atom is 0.119 e. The van der Waals surface area contributed by atoms with E-state index in [2.05, 4.69) is 23.1 Å². The second-order valence-corrected chi connectivity index (χ2v) is 6.33. The maximum atomic E-state index is 9.68. The Balaban J connectivity index is 1.44. The van der Waals surface area contributed by atoms with Crippen LogP contribution in [0.5, 0.6) is 11.5 Å². The highest BCUT2D eigenvalue weighted by Gasteiger charge is 2.20. The number of rotatable bonds is 3. The second-order valence-electron chi connectivity index (χ2n) is 6.33. The van der Waals surface area contributed by atoms with Gasteiger partial charge in [0, 0.05) is 31.6 Å². The van der Waals surface area contributed by atoms with E-state index in [4.69, 9.17) is 4.74 Å².